The van der Waals surface area contributed by atoms with Crippen molar-refractivity contribution >= 4 is 22.7 Å². The van der Waals surface area contributed by atoms with Crippen molar-refractivity contribution in [3.63, 3.8) is 0 Å². The van der Waals surface area contributed by atoms with Crippen molar-refractivity contribution in [3.05, 3.63) is 30.5 Å². The molecular weight excluding hydrogens is 180 g/mol. The maximum absolute atomic E-state index is 5.20. The van der Waals surface area contributed by atoms with E-state index in [1.54, 1.807) is 0 Å². The number of furan rings is 1. The van der Waals surface area contributed by atoms with E-state index >= 15 is 0 Å². The van der Waals surface area contributed by atoms with E-state index in [0.717, 1.165) is 16.7 Å². The highest BCUT2D eigenvalue weighted by Crippen LogP contribution is 2.24. The Kier molecular flexibility index (Phi) is 2.60. The Balaban J connectivity index is 2.26. The predicted molar refractivity (Wildman–Crippen MR) is 56.1 cm³/mol. The Hall–Kier alpha value is -0.890. The molecule has 67 valence electrons. The molecule has 0 unspecified atom stereocenters. The zero-order valence-electron chi connectivity index (χ0n) is 7.54. The van der Waals surface area contributed by atoms with E-state index in [4.69, 9.17) is 4.42 Å². The molecule has 2 rings (SSSR count). The van der Waals surface area contributed by atoms with Gasteiger partial charge in [0.15, 0.2) is 6.26 Å². The summed E-state index contributed by atoms with van der Waals surface area (Å²) < 4.78 is 5.20. The van der Waals surface area contributed by atoms with Gasteiger partial charge in [-0.2, -0.15) is 0 Å². The van der Waals surface area contributed by atoms with Crippen LogP contribution in [0.1, 0.15) is 13.3 Å². The lowest BCUT2D eigenvalue weighted by molar-refractivity contribution is 0.605. The van der Waals surface area contributed by atoms with E-state index in [0.29, 0.717) is 0 Å². The summed E-state index contributed by atoms with van der Waals surface area (Å²) in [5, 5.41) is 1.13. The molecule has 0 saturated heterocycles. The molecule has 1 nitrogen and oxygen atoms in total. The van der Waals surface area contributed by atoms with Crippen LogP contribution in [0.3, 0.4) is 0 Å². The van der Waals surface area contributed by atoms with Crippen LogP contribution in [0.25, 0.3) is 11.0 Å². The van der Waals surface area contributed by atoms with Crippen LogP contribution < -0.4 is 0 Å². The molecule has 0 aliphatic heterocycles. The van der Waals surface area contributed by atoms with Crippen LogP contribution in [0.5, 0.6) is 0 Å². The molecule has 1 heterocycles. The molecular formula is C11H11OS. The number of rotatable bonds is 3. The third kappa shape index (κ3) is 1.89. The normalized spacial score (nSPS) is 10.8. The fourth-order valence-corrected chi connectivity index (χ4v) is 1.98. The number of fused-ring (bicyclic) bond motifs is 1. The van der Waals surface area contributed by atoms with Crippen LogP contribution in [0.4, 0.5) is 0 Å². The summed E-state index contributed by atoms with van der Waals surface area (Å²) in [6, 6.07) is 8.15. The van der Waals surface area contributed by atoms with Crippen LogP contribution in [0.15, 0.2) is 33.6 Å². The lowest BCUT2D eigenvalue weighted by atomic mass is 10.3. The average Bonchev–Trinajstić information content (AvgIpc) is 2.61. The van der Waals surface area contributed by atoms with Gasteiger partial charge in [0.1, 0.15) is 5.58 Å². The van der Waals surface area contributed by atoms with Crippen LogP contribution in [-0.4, -0.2) is 5.75 Å². The molecule has 13 heavy (non-hydrogen) atoms. The Morgan fingerprint density at radius 2 is 2.38 bits per heavy atom. The fourth-order valence-electron chi connectivity index (χ4n) is 1.19. The van der Waals surface area contributed by atoms with Crippen LogP contribution in [-0.2, 0) is 0 Å². The third-order valence-electron chi connectivity index (χ3n) is 1.84. The quantitative estimate of drug-likeness (QED) is 0.686. The van der Waals surface area contributed by atoms with E-state index in [2.05, 4.69) is 31.4 Å². The van der Waals surface area contributed by atoms with E-state index in [1.165, 1.54) is 11.3 Å². The summed E-state index contributed by atoms with van der Waals surface area (Å²) >= 11 is 1.86. The monoisotopic (exact) mass is 191 g/mol. The van der Waals surface area contributed by atoms with Gasteiger partial charge >= 0.3 is 0 Å². The first kappa shape index (κ1) is 8.70. The second kappa shape index (κ2) is 3.88. The summed E-state index contributed by atoms with van der Waals surface area (Å²) in [6.07, 6.45) is 3.94. The van der Waals surface area contributed by atoms with Crippen LogP contribution in [0, 0.1) is 6.26 Å². The van der Waals surface area contributed by atoms with Crippen LogP contribution in [0.2, 0.25) is 0 Å². The summed E-state index contributed by atoms with van der Waals surface area (Å²) in [7, 11) is 0. The Morgan fingerprint density at radius 3 is 3.23 bits per heavy atom. The van der Waals surface area contributed by atoms with Crippen molar-refractivity contribution in [2.75, 3.05) is 5.75 Å². The molecule has 0 atom stereocenters. The van der Waals surface area contributed by atoms with Crippen molar-refractivity contribution < 1.29 is 4.42 Å². The van der Waals surface area contributed by atoms with Gasteiger partial charge < -0.3 is 4.42 Å². The molecule has 2 aromatic rings. The summed E-state index contributed by atoms with van der Waals surface area (Å²) in [5.41, 5.74) is 0.932. The molecule has 0 aliphatic rings. The molecule has 0 N–H and O–H groups in total. The Bertz CT molecular complexity index is 392. The number of thioether (sulfide) groups is 1. The van der Waals surface area contributed by atoms with Gasteiger partial charge in [0.25, 0.3) is 0 Å². The zero-order valence-corrected chi connectivity index (χ0v) is 8.36. The van der Waals surface area contributed by atoms with Crippen molar-refractivity contribution in [1.82, 2.24) is 0 Å². The number of benzene rings is 1. The van der Waals surface area contributed by atoms with Gasteiger partial charge in [-0.1, -0.05) is 6.92 Å². The van der Waals surface area contributed by atoms with Gasteiger partial charge in [-0.3, -0.25) is 0 Å². The molecule has 0 saturated carbocycles. The van der Waals surface area contributed by atoms with Gasteiger partial charge in [0, 0.05) is 10.3 Å². The average molecular weight is 191 g/mol. The maximum Gasteiger partial charge on any atom is 0.170 e. The first-order valence-electron chi connectivity index (χ1n) is 4.42. The minimum atomic E-state index is 0.932. The molecule has 0 spiro atoms. The number of hydrogen-bond donors (Lipinski definition) is 0. The highest BCUT2D eigenvalue weighted by molar-refractivity contribution is 7.99. The highest BCUT2D eigenvalue weighted by Gasteiger charge is 1.98. The van der Waals surface area contributed by atoms with Gasteiger partial charge in [-0.25, -0.2) is 0 Å². The van der Waals surface area contributed by atoms with Crippen molar-refractivity contribution in [1.29, 1.82) is 0 Å². The molecule has 0 amide bonds. The van der Waals surface area contributed by atoms with E-state index in [1.807, 2.05) is 17.8 Å². The zero-order chi connectivity index (χ0) is 9.10. The van der Waals surface area contributed by atoms with Crippen LogP contribution >= 0.6 is 11.8 Å². The molecule has 0 aliphatic carbocycles. The van der Waals surface area contributed by atoms with Crippen molar-refractivity contribution in [2.45, 2.75) is 18.2 Å². The molecule has 1 aromatic heterocycles. The molecule has 0 bridgehead atoms. The van der Waals surface area contributed by atoms with Gasteiger partial charge in [0.05, 0.1) is 0 Å². The largest absolute Gasteiger partial charge is 0.453 e. The maximum atomic E-state index is 5.20. The topological polar surface area (TPSA) is 13.1 Å². The number of hydrogen-bond acceptors (Lipinski definition) is 2. The first-order chi connectivity index (χ1) is 6.40. The minimum absolute atomic E-state index is 0.932. The Labute approximate surface area is 82.1 Å². The summed E-state index contributed by atoms with van der Waals surface area (Å²) in [5.74, 6) is 1.16. The van der Waals surface area contributed by atoms with E-state index in [-0.39, 0.29) is 0 Å². The minimum Gasteiger partial charge on any atom is -0.453 e. The van der Waals surface area contributed by atoms with Crippen molar-refractivity contribution in [3.8, 4) is 0 Å². The lowest BCUT2D eigenvalue weighted by Crippen LogP contribution is -1.75. The third-order valence-corrected chi connectivity index (χ3v) is 3.04. The summed E-state index contributed by atoms with van der Waals surface area (Å²) in [6.45, 7) is 2.19. The molecule has 2 heteroatoms. The molecule has 1 radical (unpaired) electrons. The van der Waals surface area contributed by atoms with E-state index < -0.39 is 0 Å². The Morgan fingerprint density at radius 1 is 1.46 bits per heavy atom. The van der Waals surface area contributed by atoms with Gasteiger partial charge in [0.2, 0.25) is 0 Å². The van der Waals surface area contributed by atoms with Gasteiger partial charge in [-0.05, 0) is 36.4 Å². The van der Waals surface area contributed by atoms with Gasteiger partial charge in [-0.15, -0.1) is 11.8 Å². The smallest absolute Gasteiger partial charge is 0.170 e. The van der Waals surface area contributed by atoms with Crippen molar-refractivity contribution in [2.24, 2.45) is 0 Å². The summed E-state index contributed by atoms with van der Waals surface area (Å²) in [4.78, 5) is 1.28. The second-order valence-corrected chi connectivity index (χ2v) is 4.08. The first-order valence-corrected chi connectivity index (χ1v) is 5.41. The second-order valence-electron chi connectivity index (χ2n) is 2.91. The fraction of sp³-hybridized carbons (Fsp3) is 0.273. The SMILES string of the molecule is CCCSc1ccc2c[c]oc2c1. The standard InChI is InChI=1S/C11H11OS/c1-2-7-13-10-4-3-9-5-6-12-11(9)8-10/h3-5,8H,2,7H2,1H3. The lowest BCUT2D eigenvalue weighted by Gasteiger charge is -1.98. The predicted octanol–water partition coefficient (Wildman–Crippen LogP) is 3.74. The van der Waals surface area contributed by atoms with E-state index in [9.17, 15) is 0 Å². The molecule has 0 fully saturated rings. The highest BCUT2D eigenvalue weighted by atomic mass is 32.2. The molecule has 1 aromatic carbocycles.